The number of anilines is 1. The highest BCUT2D eigenvalue weighted by Gasteiger charge is 2.21. The van der Waals surface area contributed by atoms with E-state index in [1.165, 1.54) is 6.92 Å². The molecule has 0 aliphatic heterocycles. The van der Waals surface area contributed by atoms with Gasteiger partial charge in [-0.25, -0.2) is 4.98 Å². The Labute approximate surface area is 120 Å². The second-order valence-electron chi connectivity index (χ2n) is 4.16. The Morgan fingerprint density at radius 1 is 1.30 bits per heavy atom. The van der Waals surface area contributed by atoms with E-state index in [9.17, 15) is 10.1 Å². The lowest BCUT2D eigenvalue weighted by Crippen LogP contribution is -2.08. The van der Waals surface area contributed by atoms with Crippen molar-refractivity contribution in [3.05, 3.63) is 50.7 Å². The molecule has 7 nitrogen and oxygen atoms in total. The fraction of sp³-hybridized carbons (Fsp3) is 0.250. The first-order valence-electron chi connectivity index (χ1n) is 5.82. The molecule has 0 atom stereocenters. The zero-order chi connectivity index (χ0) is 14.7. The Bertz CT molecular complexity index is 662. The number of rotatable bonds is 4. The third-order valence-corrected chi connectivity index (χ3v) is 2.77. The number of aromatic nitrogens is 3. The fourth-order valence-electron chi connectivity index (χ4n) is 1.75. The largest absolute Gasteiger partial charge is 0.359 e. The molecule has 0 unspecified atom stereocenters. The molecule has 1 N–H and O–H groups in total. The molecular formula is C12H12ClN5O2. The molecule has 2 heterocycles. The van der Waals surface area contributed by atoms with Crippen molar-refractivity contribution >= 4 is 23.1 Å². The predicted octanol–water partition coefficient (Wildman–Crippen LogP) is 2.66. The molecule has 2 aromatic rings. The zero-order valence-corrected chi connectivity index (χ0v) is 11.7. The summed E-state index contributed by atoms with van der Waals surface area (Å²) in [4.78, 5) is 22.5. The van der Waals surface area contributed by atoms with Crippen molar-refractivity contribution in [2.75, 3.05) is 5.32 Å². The molecule has 0 aliphatic rings. The van der Waals surface area contributed by atoms with E-state index >= 15 is 0 Å². The summed E-state index contributed by atoms with van der Waals surface area (Å²) < 4.78 is 0. The first-order valence-corrected chi connectivity index (χ1v) is 6.20. The van der Waals surface area contributed by atoms with Gasteiger partial charge in [0.2, 0.25) is 11.1 Å². The van der Waals surface area contributed by atoms with Crippen LogP contribution in [-0.2, 0) is 6.54 Å². The smallest absolute Gasteiger partial charge is 0.332 e. The highest BCUT2D eigenvalue weighted by molar-refractivity contribution is 6.28. The second kappa shape index (κ2) is 5.79. The number of pyridine rings is 1. The average molecular weight is 294 g/mol. The van der Waals surface area contributed by atoms with Gasteiger partial charge in [-0.05, 0) is 37.6 Å². The molecule has 0 saturated heterocycles. The first-order chi connectivity index (χ1) is 9.47. The molecule has 2 aromatic heterocycles. The van der Waals surface area contributed by atoms with Crippen LogP contribution in [0.5, 0.6) is 0 Å². The van der Waals surface area contributed by atoms with Gasteiger partial charge >= 0.3 is 5.69 Å². The van der Waals surface area contributed by atoms with Gasteiger partial charge in [0.15, 0.2) is 0 Å². The van der Waals surface area contributed by atoms with Crippen molar-refractivity contribution in [1.82, 2.24) is 15.0 Å². The maximum atomic E-state index is 11.0. The van der Waals surface area contributed by atoms with E-state index in [0.29, 0.717) is 6.54 Å². The minimum absolute atomic E-state index is 0.0344. The summed E-state index contributed by atoms with van der Waals surface area (Å²) in [7, 11) is 0. The van der Waals surface area contributed by atoms with Crippen molar-refractivity contribution < 1.29 is 4.92 Å². The van der Waals surface area contributed by atoms with Crippen LogP contribution in [-0.4, -0.2) is 19.9 Å². The highest BCUT2D eigenvalue weighted by Crippen LogP contribution is 2.26. The van der Waals surface area contributed by atoms with Crippen molar-refractivity contribution in [1.29, 1.82) is 0 Å². The van der Waals surface area contributed by atoms with E-state index in [-0.39, 0.29) is 22.5 Å². The SMILES string of the molecule is Cc1cccc(CNc2nc(Cl)nc(C)c2[N+](=O)[O-])n1. The summed E-state index contributed by atoms with van der Waals surface area (Å²) >= 11 is 5.73. The third-order valence-electron chi connectivity index (χ3n) is 2.60. The third kappa shape index (κ3) is 3.18. The van der Waals surface area contributed by atoms with Crippen LogP contribution in [0.25, 0.3) is 0 Å². The molecule has 0 bridgehead atoms. The van der Waals surface area contributed by atoms with E-state index in [1.807, 2.05) is 25.1 Å². The minimum Gasteiger partial charge on any atom is -0.359 e. The van der Waals surface area contributed by atoms with Crippen LogP contribution in [0.15, 0.2) is 18.2 Å². The Balaban J connectivity index is 2.27. The van der Waals surface area contributed by atoms with Gasteiger partial charge in [-0.2, -0.15) is 4.98 Å². The maximum Gasteiger partial charge on any atom is 0.332 e. The van der Waals surface area contributed by atoms with Crippen LogP contribution in [0.3, 0.4) is 0 Å². The van der Waals surface area contributed by atoms with E-state index in [0.717, 1.165) is 11.4 Å². The van der Waals surface area contributed by atoms with Crippen molar-refractivity contribution in [2.24, 2.45) is 0 Å². The Hall–Kier alpha value is -2.28. The van der Waals surface area contributed by atoms with Crippen LogP contribution in [0.1, 0.15) is 17.1 Å². The van der Waals surface area contributed by atoms with Crippen LogP contribution in [0.2, 0.25) is 5.28 Å². The lowest BCUT2D eigenvalue weighted by atomic mass is 10.3. The van der Waals surface area contributed by atoms with Crippen LogP contribution < -0.4 is 5.32 Å². The number of hydrogen-bond acceptors (Lipinski definition) is 6. The molecule has 0 amide bonds. The number of aryl methyl sites for hydroxylation is 2. The molecule has 20 heavy (non-hydrogen) atoms. The molecule has 2 rings (SSSR count). The van der Waals surface area contributed by atoms with Gasteiger partial charge in [0.05, 0.1) is 17.2 Å². The Morgan fingerprint density at radius 2 is 2.05 bits per heavy atom. The van der Waals surface area contributed by atoms with E-state index in [2.05, 4.69) is 20.3 Å². The quantitative estimate of drug-likeness (QED) is 0.529. The molecule has 104 valence electrons. The molecule has 0 spiro atoms. The number of nitrogens with one attached hydrogen (secondary N) is 1. The monoisotopic (exact) mass is 293 g/mol. The van der Waals surface area contributed by atoms with E-state index in [4.69, 9.17) is 11.6 Å². The van der Waals surface area contributed by atoms with Gasteiger partial charge in [0.25, 0.3) is 0 Å². The van der Waals surface area contributed by atoms with E-state index in [1.54, 1.807) is 0 Å². The summed E-state index contributed by atoms with van der Waals surface area (Å²) in [5.41, 5.74) is 1.67. The zero-order valence-electron chi connectivity index (χ0n) is 10.9. The summed E-state index contributed by atoms with van der Waals surface area (Å²) in [5.74, 6) is 0.0933. The van der Waals surface area contributed by atoms with Gasteiger partial charge in [0, 0.05) is 5.69 Å². The number of hydrogen-bond donors (Lipinski definition) is 1. The highest BCUT2D eigenvalue weighted by atomic mass is 35.5. The summed E-state index contributed by atoms with van der Waals surface area (Å²) in [5, 5.41) is 13.9. The molecule has 0 saturated carbocycles. The Morgan fingerprint density at radius 3 is 2.70 bits per heavy atom. The Kier molecular flexibility index (Phi) is 4.09. The second-order valence-corrected chi connectivity index (χ2v) is 4.49. The lowest BCUT2D eigenvalue weighted by Gasteiger charge is -2.07. The van der Waals surface area contributed by atoms with Crippen LogP contribution >= 0.6 is 11.6 Å². The molecule has 0 aliphatic carbocycles. The first kappa shape index (κ1) is 14.1. The van der Waals surface area contributed by atoms with Gasteiger partial charge in [-0.1, -0.05) is 6.07 Å². The predicted molar refractivity (Wildman–Crippen MR) is 74.7 cm³/mol. The molecule has 0 radical (unpaired) electrons. The van der Waals surface area contributed by atoms with Crippen molar-refractivity contribution in [3.8, 4) is 0 Å². The normalized spacial score (nSPS) is 10.3. The number of halogens is 1. The summed E-state index contributed by atoms with van der Waals surface area (Å²) in [6, 6.07) is 5.56. The summed E-state index contributed by atoms with van der Waals surface area (Å²) in [6.07, 6.45) is 0. The fourth-order valence-corrected chi connectivity index (χ4v) is 1.96. The molecule has 8 heteroatoms. The van der Waals surface area contributed by atoms with Crippen LogP contribution in [0.4, 0.5) is 11.5 Å². The molecule has 0 fully saturated rings. The van der Waals surface area contributed by atoms with Gasteiger partial charge in [-0.15, -0.1) is 0 Å². The summed E-state index contributed by atoms with van der Waals surface area (Å²) in [6.45, 7) is 3.70. The molecular weight excluding hydrogens is 282 g/mol. The van der Waals surface area contributed by atoms with E-state index < -0.39 is 4.92 Å². The standard InChI is InChI=1S/C12H12ClN5O2/c1-7-4-3-5-9(15-7)6-14-11-10(18(19)20)8(2)16-12(13)17-11/h3-5H,6H2,1-2H3,(H,14,16,17). The lowest BCUT2D eigenvalue weighted by molar-refractivity contribution is -0.385. The topological polar surface area (TPSA) is 93.8 Å². The average Bonchev–Trinajstić information content (AvgIpc) is 2.35. The maximum absolute atomic E-state index is 11.0. The minimum atomic E-state index is -0.530. The number of nitro groups is 1. The van der Waals surface area contributed by atoms with Gasteiger partial charge < -0.3 is 5.32 Å². The number of nitrogens with zero attached hydrogens (tertiary/aromatic N) is 4. The van der Waals surface area contributed by atoms with Crippen molar-refractivity contribution in [3.63, 3.8) is 0 Å². The van der Waals surface area contributed by atoms with Gasteiger partial charge in [-0.3, -0.25) is 15.1 Å². The van der Waals surface area contributed by atoms with Gasteiger partial charge in [0.1, 0.15) is 5.69 Å². The molecule has 0 aromatic carbocycles. The van der Waals surface area contributed by atoms with Crippen molar-refractivity contribution in [2.45, 2.75) is 20.4 Å². The van der Waals surface area contributed by atoms with Crippen LogP contribution in [0, 0.1) is 24.0 Å².